The van der Waals surface area contributed by atoms with E-state index < -0.39 is 0 Å². The second-order valence-electron chi connectivity index (χ2n) is 6.45. The topological polar surface area (TPSA) is 17.1 Å². The van der Waals surface area contributed by atoms with Gasteiger partial charge in [-0.3, -0.25) is 4.79 Å². The standard InChI is InChI=1S/C22H24O/c23-22(20-14-8-3-9-15-20)21(16-18-10-4-1-5-11-18)17-19-12-6-2-7-13-19/h1,3-5,8-11,14-15,17,19H,2,6-7,12-13,16H2/b21-17+. The first-order valence-electron chi connectivity index (χ1n) is 8.67. The Balaban J connectivity index is 1.86. The van der Waals surface area contributed by atoms with Crippen LogP contribution in [0.5, 0.6) is 0 Å². The minimum atomic E-state index is 0.181. The number of Topliss-reactive ketones (excluding diaryl/α,β-unsaturated/α-hetero) is 1. The first-order valence-corrected chi connectivity index (χ1v) is 8.67. The number of allylic oxidation sites excluding steroid dienone is 2. The molecule has 23 heavy (non-hydrogen) atoms. The summed E-state index contributed by atoms with van der Waals surface area (Å²) in [5.41, 5.74) is 2.96. The predicted molar refractivity (Wildman–Crippen MR) is 95.6 cm³/mol. The molecular formula is C22H24O. The molecule has 1 fully saturated rings. The van der Waals surface area contributed by atoms with Crippen molar-refractivity contribution in [3.8, 4) is 0 Å². The highest BCUT2D eigenvalue weighted by Crippen LogP contribution is 2.27. The van der Waals surface area contributed by atoms with Crippen molar-refractivity contribution in [2.45, 2.75) is 38.5 Å². The summed E-state index contributed by atoms with van der Waals surface area (Å²) in [4.78, 5) is 13.0. The van der Waals surface area contributed by atoms with Gasteiger partial charge in [0.1, 0.15) is 0 Å². The SMILES string of the molecule is O=C(/C(=C/C1CCCCC1)Cc1ccccc1)c1ccccc1. The second kappa shape index (κ2) is 7.92. The monoisotopic (exact) mass is 304 g/mol. The molecule has 2 aromatic carbocycles. The molecule has 0 heterocycles. The molecule has 2 aromatic rings. The zero-order valence-corrected chi connectivity index (χ0v) is 13.6. The second-order valence-corrected chi connectivity index (χ2v) is 6.45. The molecule has 0 atom stereocenters. The highest BCUT2D eigenvalue weighted by atomic mass is 16.1. The van der Waals surface area contributed by atoms with Crippen molar-refractivity contribution in [3.63, 3.8) is 0 Å². The molecule has 1 aliphatic carbocycles. The molecule has 0 radical (unpaired) electrons. The Hall–Kier alpha value is -2.15. The molecule has 1 nitrogen and oxygen atoms in total. The van der Waals surface area contributed by atoms with Gasteiger partial charge in [-0.05, 0) is 24.3 Å². The van der Waals surface area contributed by atoms with E-state index in [0.717, 1.165) is 17.6 Å². The van der Waals surface area contributed by atoms with Gasteiger partial charge in [0.05, 0.1) is 0 Å². The first kappa shape index (κ1) is 15.7. The lowest BCUT2D eigenvalue weighted by molar-refractivity contribution is 0.103. The first-order chi connectivity index (χ1) is 11.3. The third-order valence-electron chi connectivity index (χ3n) is 4.65. The molecule has 0 spiro atoms. The lowest BCUT2D eigenvalue weighted by Gasteiger charge is -2.20. The van der Waals surface area contributed by atoms with Gasteiger partial charge < -0.3 is 0 Å². The van der Waals surface area contributed by atoms with Crippen molar-refractivity contribution in [1.82, 2.24) is 0 Å². The van der Waals surface area contributed by atoms with E-state index in [2.05, 4.69) is 18.2 Å². The molecule has 1 heteroatoms. The van der Waals surface area contributed by atoms with Crippen LogP contribution in [-0.2, 0) is 6.42 Å². The number of hydrogen-bond donors (Lipinski definition) is 0. The molecule has 118 valence electrons. The summed E-state index contributed by atoms with van der Waals surface area (Å²) in [6.07, 6.45) is 9.36. The minimum Gasteiger partial charge on any atom is -0.289 e. The Bertz CT molecular complexity index is 649. The smallest absolute Gasteiger partial charge is 0.189 e. The summed E-state index contributed by atoms with van der Waals surface area (Å²) in [6, 6.07) is 20.0. The third kappa shape index (κ3) is 4.41. The average molecular weight is 304 g/mol. The maximum atomic E-state index is 13.0. The van der Waals surface area contributed by atoms with Gasteiger partial charge in [0, 0.05) is 17.6 Å². The molecular weight excluding hydrogens is 280 g/mol. The van der Waals surface area contributed by atoms with Gasteiger partial charge in [0.2, 0.25) is 0 Å². The van der Waals surface area contributed by atoms with Crippen LogP contribution < -0.4 is 0 Å². The highest BCUT2D eigenvalue weighted by Gasteiger charge is 2.17. The van der Waals surface area contributed by atoms with E-state index in [-0.39, 0.29) is 5.78 Å². The van der Waals surface area contributed by atoms with Gasteiger partial charge >= 0.3 is 0 Å². The summed E-state index contributed by atoms with van der Waals surface area (Å²) >= 11 is 0. The van der Waals surface area contributed by atoms with Crippen LogP contribution in [0.2, 0.25) is 0 Å². The predicted octanol–water partition coefficient (Wildman–Crippen LogP) is 5.62. The number of hydrogen-bond acceptors (Lipinski definition) is 1. The van der Waals surface area contributed by atoms with E-state index in [0.29, 0.717) is 5.92 Å². The van der Waals surface area contributed by atoms with Crippen LogP contribution in [0.15, 0.2) is 72.3 Å². The molecule has 3 rings (SSSR count). The van der Waals surface area contributed by atoms with Crippen molar-refractivity contribution in [2.75, 3.05) is 0 Å². The molecule has 0 unspecified atom stereocenters. The Morgan fingerprint density at radius 2 is 1.48 bits per heavy atom. The van der Waals surface area contributed by atoms with E-state index in [1.165, 1.54) is 37.7 Å². The number of ketones is 1. The number of benzene rings is 2. The maximum Gasteiger partial charge on any atom is 0.189 e. The third-order valence-corrected chi connectivity index (χ3v) is 4.65. The van der Waals surface area contributed by atoms with Crippen molar-refractivity contribution < 1.29 is 4.79 Å². The zero-order valence-electron chi connectivity index (χ0n) is 13.6. The van der Waals surface area contributed by atoms with Gasteiger partial charge in [-0.2, -0.15) is 0 Å². The fourth-order valence-electron chi connectivity index (χ4n) is 3.39. The van der Waals surface area contributed by atoms with Gasteiger partial charge in [-0.15, -0.1) is 0 Å². The summed E-state index contributed by atoms with van der Waals surface area (Å²) in [7, 11) is 0. The van der Waals surface area contributed by atoms with Crippen LogP contribution in [0.4, 0.5) is 0 Å². The van der Waals surface area contributed by atoms with Crippen LogP contribution in [0.25, 0.3) is 0 Å². The summed E-state index contributed by atoms with van der Waals surface area (Å²) in [6.45, 7) is 0. The molecule has 0 N–H and O–H groups in total. The average Bonchev–Trinajstić information content (AvgIpc) is 2.63. The number of carbonyl (C=O) groups is 1. The fourth-order valence-corrected chi connectivity index (χ4v) is 3.39. The van der Waals surface area contributed by atoms with Crippen molar-refractivity contribution in [1.29, 1.82) is 0 Å². The maximum absolute atomic E-state index is 13.0. The zero-order chi connectivity index (χ0) is 15.9. The highest BCUT2D eigenvalue weighted by molar-refractivity contribution is 6.08. The summed E-state index contributed by atoms with van der Waals surface area (Å²) < 4.78 is 0. The lowest BCUT2D eigenvalue weighted by Crippen LogP contribution is -2.11. The Morgan fingerprint density at radius 1 is 0.870 bits per heavy atom. The van der Waals surface area contributed by atoms with Crippen molar-refractivity contribution in [3.05, 3.63) is 83.4 Å². The largest absolute Gasteiger partial charge is 0.289 e. The van der Waals surface area contributed by atoms with E-state index in [4.69, 9.17) is 0 Å². The molecule has 0 amide bonds. The molecule has 1 aliphatic rings. The number of rotatable bonds is 5. The van der Waals surface area contributed by atoms with Crippen molar-refractivity contribution >= 4 is 5.78 Å². The fraction of sp³-hybridized carbons (Fsp3) is 0.318. The van der Waals surface area contributed by atoms with Gasteiger partial charge in [0.15, 0.2) is 5.78 Å². The van der Waals surface area contributed by atoms with E-state index in [1.54, 1.807) is 0 Å². The Labute approximate surface area is 139 Å². The number of carbonyl (C=O) groups excluding carboxylic acids is 1. The van der Waals surface area contributed by atoms with Gasteiger partial charge in [0.25, 0.3) is 0 Å². The van der Waals surface area contributed by atoms with Gasteiger partial charge in [-0.25, -0.2) is 0 Å². The van der Waals surface area contributed by atoms with Crippen LogP contribution in [0.1, 0.15) is 48.0 Å². The Morgan fingerprint density at radius 3 is 2.13 bits per heavy atom. The molecule has 0 bridgehead atoms. The quantitative estimate of drug-likeness (QED) is 0.517. The normalized spacial score (nSPS) is 16.3. The molecule has 1 saturated carbocycles. The van der Waals surface area contributed by atoms with E-state index in [1.807, 2.05) is 48.5 Å². The van der Waals surface area contributed by atoms with Crippen LogP contribution in [0, 0.1) is 5.92 Å². The molecule has 0 saturated heterocycles. The van der Waals surface area contributed by atoms with Crippen molar-refractivity contribution in [2.24, 2.45) is 5.92 Å². The summed E-state index contributed by atoms with van der Waals surface area (Å²) in [5.74, 6) is 0.746. The Kier molecular flexibility index (Phi) is 5.42. The minimum absolute atomic E-state index is 0.181. The van der Waals surface area contributed by atoms with Gasteiger partial charge in [-0.1, -0.05) is 86.0 Å². The van der Waals surface area contributed by atoms with Crippen LogP contribution in [0.3, 0.4) is 0 Å². The van der Waals surface area contributed by atoms with E-state index in [9.17, 15) is 4.79 Å². The molecule has 0 aromatic heterocycles. The van der Waals surface area contributed by atoms with Crippen LogP contribution in [-0.4, -0.2) is 5.78 Å². The van der Waals surface area contributed by atoms with E-state index >= 15 is 0 Å². The van der Waals surface area contributed by atoms with Crippen LogP contribution >= 0.6 is 0 Å². The summed E-state index contributed by atoms with van der Waals surface area (Å²) in [5, 5.41) is 0. The lowest BCUT2D eigenvalue weighted by atomic mass is 9.85. The molecule has 0 aliphatic heterocycles.